The van der Waals surface area contributed by atoms with Crippen molar-refractivity contribution >= 4 is 11.8 Å². The minimum absolute atomic E-state index is 0.00352. The van der Waals surface area contributed by atoms with Crippen LogP contribution in [0.25, 0.3) is 5.69 Å². The summed E-state index contributed by atoms with van der Waals surface area (Å²) in [5, 5.41) is 3.88. The molecule has 0 atom stereocenters. The Morgan fingerprint density at radius 1 is 0.914 bits per heavy atom. The number of aromatic nitrogens is 2. The van der Waals surface area contributed by atoms with Gasteiger partial charge in [-0.1, -0.05) is 48.0 Å². The number of halogens is 3. The van der Waals surface area contributed by atoms with Crippen molar-refractivity contribution in [1.29, 1.82) is 0 Å². The van der Waals surface area contributed by atoms with E-state index in [1.165, 1.54) is 22.6 Å². The Bertz CT molecular complexity index is 1170. The summed E-state index contributed by atoms with van der Waals surface area (Å²) in [5.74, 6) is -0.733. The molecule has 0 bridgehead atoms. The molecular weight excluding hydrogens is 457 g/mol. The first-order valence-electron chi connectivity index (χ1n) is 11.6. The second-order valence-electron chi connectivity index (χ2n) is 8.66. The lowest BCUT2D eigenvalue weighted by Crippen LogP contribution is -2.50. The maximum absolute atomic E-state index is 14.0. The molecule has 2 heterocycles. The summed E-state index contributed by atoms with van der Waals surface area (Å²) in [7, 11) is 0. The average Bonchev–Trinajstić information content (AvgIpc) is 3.31. The zero-order chi connectivity index (χ0) is 25.0. The minimum atomic E-state index is -4.76. The first-order chi connectivity index (χ1) is 16.7. The van der Waals surface area contributed by atoms with Crippen LogP contribution in [-0.4, -0.2) is 57.6 Å². The predicted octanol–water partition coefficient (Wildman–Crippen LogP) is 4.51. The van der Waals surface area contributed by atoms with Crippen molar-refractivity contribution in [2.45, 2.75) is 32.4 Å². The van der Waals surface area contributed by atoms with Crippen molar-refractivity contribution in [2.75, 3.05) is 26.2 Å². The summed E-state index contributed by atoms with van der Waals surface area (Å²) in [4.78, 5) is 28.6. The van der Waals surface area contributed by atoms with Gasteiger partial charge in [0.15, 0.2) is 5.69 Å². The first-order valence-corrected chi connectivity index (χ1v) is 11.6. The van der Waals surface area contributed by atoms with E-state index in [4.69, 9.17) is 0 Å². The maximum atomic E-state index is 14.0. The predicted molar refractivity (Wildman–Crippen MR) is 125 cm³/mol. The standard InChI is InChI=1S/C26H27F3N4O2/c1-19-10-12-21(13-11-19)33-24(26(27,28)29)22(18-30-33)25(35)32-16-14-31(15-17-32)23(34)9-5-8-20-6-3-2-4-7-20/h2-4,6-7,10-13,18H,5,8-9,14-17H2,1H3. The SMILES string of the molecule is Cc1ccc(-n2ncc(C(=O)N3CCN(C(=O)CCCc4ccccc4)CC3)c2C(F)(F)F)cc1. The maximum Gasteiger partial charge on any atom is 0.434 e. The third kappa shape index (κ3) is 5.72. The summed E-state index contributed by atoms with van der Waals surface area (Å²) in [6, 6.07) is 16.4. The lowest BCUT2D eigenvalue weighted by Gasteiger charge is -2.35. The largest absolute Gasteiger partial charge is 0.434 e. The molecule has 2 aromatic carbocycles. The molecule has 3 aromatic rings. The van der Waals surface area contributed by atoms with Gasteiger partial charge in [0, 0.05) is 32.6 Å². The second-order valence-corrected chi connectivity index (χ2v) is 8.66. The van der Waals surface area contributed by atoms with Crippen molar-refractivity contribution < 1.29 is 22.8 Å². The van der Waals surface area contributed by atoms with Gasteiger partial charge in [0.05, 0.1) is 17.4 Å². The third-order valence-corrected chi connectivity index (χ3v) is 6.17. The number of hydrogen-bond donors (Lipinski definition) is 0. The number of hydrogen-bond acceptors (Lipinski definition) is 3. The zero-order valence-corrected chi connectivity index (χ0v) is 19.5. The van der Waals surface area contributed by atoms with Crippen molar-refractivity contribution in [2.24, 2.45) is 0 Å². The lowest BCUT2D eigenvalue weighted by atomic mass is 10.1. The van der Waals surface area contributed by atoms with Crippen LogP contribution in [0.5, 0.6) is 0 Å². The zero-order valence-electron chi connectivity index (χ0n) is 19.5. The number of amides is 2. The number of benzene rings is 2. The highest BCUT2D eigenvalue weighted by Crippen LogP contribution is 2.34. The Balaban J connectivity index is 1.39. The normalized spacial score (nSPS) is 14.3. The number of piperazine rings is 1. The molecule has 1 fully saturated rings. The number of aryl methyl sites for hydroxylation is 2. The van der Waals surface area contributed by atoms with E-state index in [9.17, 15) is 22.8 Å². The summed E-state index contributed by atoms with van der Waals surface area (Å²) in [6.45, 7) is 2.78. The highest BCUT2D eigenvalue weighted by atomic mass is 19.4. The van der Waals surface area contributed by atoms with E-state index in [0.29, 0.717) is 19.5 Å². The van der Waals surface area contributed by atoms with Crippen LogP contribution in [0.1, 0.15) is 40.0 Å². The number of rotatable bonds is 6. The Morgan fingerprint density at radius 3 is 2.17 bits per heavy atom. The fourth-order valence-electron chi connectivity index (χ4n) is 4.24. The van der Waals surface area contributed by atoms with Crippen LogP contribution in [0.2, 0.25) is 0 Å². The number of alkyl halides is 3. The van der Waals surface area contributed by atoms with Crippen molar-refractivity contribution in [3.63, 3.8) is 0 Å². The Morgan fingerprint density at radius 2 is 1.54 bits per heavy atom. The van der Waals surface area contributed by atoms with E-state index >= 15 is 0 Å². The topological polar surface area (TPSA) is 58.4 Å². The smallest absolute Gasteiger partial charge is 0.339 e. The molecule has 2 amide bonds. The molecule has 0 unspecified atom stereocenters. The number of nitrogens with zero attached hydrogens (tertiary/aromatic N) is 4. The fraction of sp³-hybridized carbons (Fsp3) is 0.346. The second kappa shape index (κ2) is 10.3. The quantitative estimate of drug-likeness (QED) is 0.518. The van der Waals surface area contributed by atoms with Crippen molar-refractivity contribution in [3.05, 3.63) is 83.2 Å². The Labute approximate surface area is 202 Å². The fourth-order valence-corrected chi connectivity index (χ4v) is 4.24. The third-order valence-electron chi connectivity index (χ3n) is 6.17. The molecule has 4 rings (SSSR count). The molecule has 1 aromatic heterocycles. The monoisotopic (exact) mass is 484 g/mol. The molecule has 0 aliphatic carbocycles. The number of carbonyl (C=O) groups is 2. The van der Waals surface area contributed by atoms with Crippen LogP contribution in [-0.2, 0) is 17.4 Å². The minimum Gasteiger partial charge on any atom is -0.339 e. The van der Waals surface area contributed by atoms with Crippen LogP contribution in [0.15, 0.2) is 60.8 Å². The average molecular weight is 485 g/mol. The molecule has 184 valence electrons. The van der Waals surface area contributed by atoms with Gasteiger partial charge in [-0.15, -0.1) is 0 Å². The summed E-state index contributed by atoms with van der Waals surface area (Å²) in [6.07, 6.45) is -1.87. The van der Waals surface area contributed by atoms with Gasteiger partial charge in [-0.25, -0.2) is 4.68 Å². The molecule has 0 spiro atoms. The molecule has 0 radical (unpaired) electrons. The molecule has 1 saturated heterocycles. The van der Waals surface area contributed by atoms with Gasteiger partial charge in [-0.05, 0) is 37.5 Å². The molecule has 1 aliphatic rings. The molecule has 1 aliphatic heterocycles. The summed E-state index contributed by atoms with van der Waals surface area (Å²) in [5.41, 5.74) is 0.722. The molecular formula is C26H27F3N4O2. The molecule has 35 heavy (non-hydrogen) atoms. The van der Waals surface area contributed by atoms with Crippen molar-refractivity contribution in [3.8, 4) is 5.69 Å². The van der Waals surface area contributed by atoms with Crippen LogP contribution in [0.3, 0.4) is 0 Å². The van der Waals surface area contributed by atoms with Gasteiger partial charge < -0.3 is 9.80 Å². The van der Waals surface area contributed by atoms with Crippen molar-refractivity contribution in [1.82, 2.24) is 19.6 Å². The van der Waals surface area contributed by atoms with Gasteiger partial charge in [-0.2, -0.15) is 18.3 Å². The van der Waals surface area contributed by atoms with E-state index in [1.54, 1.807) is 17.0 Å². The van der Waals surface area contributed by atoms with Crippen LogP contribution in [0.4, 0.5) is 13.2 Å². The molecule has 6 nitrogen and oxygen atoms in total. The van der Waals surface area contributed by atoms with E-state index in [-0.39, 0.29) is 24.7 Å². The van der Waals surface area contributed by atoms with Gasteiger partial charge in [-0.3, -0.25) is 9.59 Å². The van der Waals surface area contributed by atoms with E-state index in [0.717, 1.165) is 29.3 Å². The molecule has 0 N–H and O–H groups in total. The first kappa shape index (κ1) is 24.5. The highest BCUT2D eigenvalue weighted by Gasteiger charge is 2.41. The summed E-state index contributed by atoms with van der Waals surface area (Å²) < 4.78 is 42.6. The van der Waals surface area contributed by atoms with E-state index in [2.05, 4.69) is 5.10 Å². The summed E-state index contributed by atoms with van der Waals surface area (Å²) >= 11 is 0. The molecule has 0 saturated carbocycles. The van der Waals surface area contributed by atoms with E-state index < -0.39 is 23.3 Å². The van der Waals surface area contributed by atoms with Gasteiger partial charge >= 0.3 is 6.18 Å². The lowest BCUT2D eigenvalue weighted by molar-refractivity contribution is -0.143. The van der Waals surface area contributed by atoms with Crippen LogP contribution in [0, 0.1) is 6.92 Å². The van der Waals surface area contributed by atoms with E-state index in [1.807, 2.05) is 37.3 Å². The Hall–Kier alpha value is -3.62. The number of carbonyl (C=O) groups excluding carboxylic acids is 2. The van der Waals surface area contributed by atoms with Gasteiger partial charge in [0.2, 0.25) is 5.91 Å². The van der Waals surface area contributed by atoms with Crippen LogP contribution < -0.4 is 0 Å². The van der Waals surface area contributed by atoms with Gasteiger partial charge in [0.1, 0.15) is 0 Å². The highest BCUT2D eigenvalue weighted by molar-refractivity contribution is 5.95. The molecule has 9 heteroatoms. The van der Waals surface area contributed by atoms with Gasteiger partial charge in [0.25, 0.3) is 5.91 Å². The Kier molecular flexibility index (Phi) is 7.23. The van der Waals surface area contributed by atoms with Crippen LogP contribution >= 0.6 is 0 Å².